The lowest BCUT2D eigenvalue weighted by atomic mass is 9.99. The van der Waals surface area contributed by atoms with Gasteiger partial charge in [-0.2, -0.15) is 0 Å². The SMILES string of the molecule is COc1ccc2c(c1)S(=O)Cc1cc(O)ccc1-2. The van der Waals surface area contributed by atoms with Gasteiger partial charge in [-0.05, 0) is 47.0 Å². The summed E-state index contributed by atoms with van der Waals surface area (Å²) >= 11 is 0. The largest absolute Gasteiger partial charge is 0.508 e. The molecule has 2 aromatic rings. The van der Waals surface area contributed by atoms with Crippen LogP contribution >= 0.6 is 0 Å². The predicted molar refractivity (Wildman–Crippen MR) is 70.2 cm³/mol. The van der Waals surface area contributed by atoms with E-state index in [4.69, 9.17) is 4.74 Å². The van der Waals surface area contributed by atoms with Gasteiger partial charge in [0, 0.05) is 0 Å². The molecule has 0 amide bonds. The third kappa shape index (κ3) is 1.69. The second-order valence-electron chi connectivity index (χ2n) is 4.19. The number of phenols is 1. The molecule has 0 saturated carbocycles. The molecule has 3 rings (SSSR count). The van der Waals surface area contributed by atoms with E-state index in [0.29, 0.717) is 11.5 Å². The van der Waals surface area contributed by atoms with Crippen LogP contribution in [0.3, 0.4) is 0 Å². The summed E-state index contributed by atoms with van der Waals surface area (Å²) in [5.74, 6) is 1.36. The number of aromatic hydroxyl groups is 1. The lowest BCUT2D eigenvalue weighted by Crippen LogP contribution is -2.07. The number of hydrogen-bond acceptors (Lipinski definition) is 3. The smallest absolute Gasteiger partial charge is 0.120 e. The third-order valence-corrected chi connectivity index (χ3v) is 4.50. The fraction of sp³-hybridized carbons (Fsp3) is 0.143. The van der Waals surface area contributed by atoms with Crippen molar-refractivity contribution in [2.75, 3.05) is 7.11 Å². The molecule has 3 nitrogen and oxygen atoms in total. The Hall–Kier alpha value is -1.81. The van der Waals surface area contributed by atoms with Crippen molar-refractivity contribution in [2.45, 2.75) is 10.6 Å². The van der Waals surface area contributed by atoms with E-state index in [9.17, 15) is 9.32 Å². The Kier molecular flexibility index (Phi) is 2.59. The molecule has 0 fully saturated rings. The van der Waals surface area contributed by atoms with E-state index in [2.05, 4.69) is 0 Å². The molecule has 1 unspecified atom stereocenters. The molecule has 0 bridgehead atoms. The van der Waals surface area contributed by atoms with E-state index in [-0.39, 0.29) is 5.75 Å². The minimum atomic E-state index is -1.09. The fourth-order valence-corrected chi connectivity index (χ4v) is 3.57. The van der Waals surface area contributed by atoms with Crippen molar-refractivity contribution >= 4 is 10.8 Å². The zero-order valence-corrected chi connectivity index (χ0v) is 10.7. The van der Waals surface area contributed by atoms with E-state index in [1.54, 1.807) is 19.2 Å². The monoisotopic (exact) mass is 260 g/mol. The third-order valence-electron chi connectivity index (χ3n) is 3.10. The van der Waals surface area contributed by atoms with Crippen LogP contribution in [0.25, 0.3) is 11.1 Å². The van der Waals surface area contributed by atoms with Gasteiger partial charge < -0.3 is 9.84 Å². The molecule has 0 aromatic heterocycles. The summed E-state index contributed by atoms with van der Waals surface area (Å²) in [6.45, 7) is 0. The zero-order chi connectivity index (χ0) is 12.7. The van der Waals surface area contributed by atoms with Crippen LogP contribution in [0.15, 0.2) is 41.3 Å². The maximum atomic E-state index is 12.2. The van der Waals surface area contributed by atoms with Crippen LogP contribution < -0.4 is 4.74 Å². The van der Waals surface area contributed by atoms with Gasteiger partial charge in [0.05, 0.1) is 28.6 Å². The van der Waals surface area contributed by atoms with Crippen molar-refractivity contribution < 1.29 is 14.1 Å². The summed E-state index contributed by atoms with van der Waals surface area (Å²) in [6, 6.07) is 10.8. The molecule has 18 heavy (non-hydrogen) atoms. The van der Waals surface area contributed by atoms with Gasteiger partial charge in [-0.1, -0.05) is 6.07 Å². The van der Waals surface area contributed by atoms with Crippen LogP contribution in [0.1, 0.15) is 5.56 Å². The van der Waals surface area contributed by atoms with Crippen molar-refractivity contribution in [3.63, 3.8) is 0 Å². The Balaban J connectivity index is 2.24. The van der Waals surface area contributed by atoms with Crippen LogP contribution in [-0.2, 0) is 16.6 Å². The van der Waals surface area contributed by atoms with Crippen molar-refractivity contribution in [1.82, 2.24) is 0 Å². The van der Waals surface area contributed by atoms with Crippen molar-refractivity contribution in [3.05, 3.63) is 42.0 Å². The fourth-order valence-electron chi connectivity index (χ4n) is 2.22. The lowest BCUT2D eigenvalue weighted by Gasteiger charge is -2.20. The lowest BCUT2D eigenvalue weighted by molar-refractivity contribution is 0.413. The van der Waals surface area contributed by atoms with Gasteiger partial charge in [-0.3, -0.25) is 4.21 Å². The summed E-state index contributed by atoms with van der Waals surface area (Å²) in [6.07, 6.45) is 0. The van der Waals surface area contributed by atoms with Gasteiger partial charge in [0.15, 0.2) is 0 Å². The highest BCUT2D eigenvalue weighted by molar-refractivity contribution is 7.84. The quantitative estimate of drug-likeness (QED) is 0.857. The summed E-state index contributed by atoms with van der Waals surface area (Å²) in [7, 11) is 0.509. The molecule has 1 aliphatic rings. The van der Waals surface area contributed by atoms with Crippen LogP contribution in [0.4, 0.5) is 0 Å². The Morgan fingerprint density at radius 2 is 1.94 bits per heavy atom. The molecule has 1 N–H and O–H groups in total. The van der Waals surface area contributed by atoms with Gasteiger partial charge >= 0.3 is 0 Å². The Labute approximate surface area is 107 Å². The highest BCUT2D eigenvalue weighted by atomic mass is 32.2. The Morgan fingerprint density at radius 3 is 2.72 bits per heavy atom. The number of rotatable bonds is 1. The zero-order valence-electron chi connectivity index (χ0n) is 9.84. The predicted octanol–water partition coefficient (Wildman–Crippen LogP) is 2.69. The molecular weight excluding hydrogens is 248 g/mol. The molecule has 0 aliphatic carbocycles. The summed E-state index contributed by atoms with van der Waals surface area (Å²) in [4.78, 5) is 0.799. The number of ether oxygens (including phenoxy) is 1. The van der Waals surface area contributed by atoms with E-state index >= 15 is 0 Å². The molecule has 0 radical (unpaired) electrons. The average Bonchev–Trinajstić information content (AvgIpc) is 2.38. The van der Waals surface area contributed by atoms with E-state index in [0.717, 1.165) is 21.6 Å². The summed E-state index contributed by atoms with van der Waals surface area (Å²) in [5.41, 5.74) is 2.91. The molecule has 0 spiro atoms. The highest BCUT2D eigenvalue weighted by Crippen LogP contribution is 2.38. The van der Waals surface area contributed by atoms with Gasteiger partial charge in [-0.25, -0.2) is 0 Å². The van der Waals surface area contributed by atoms with E-state index in [1.807, 2.05) is 24.3 Å². The second-order valence-corrected chi connectivity index (χ2v) is 5.61. The Bertz CT molecular complexity index is 649. The number of phenolic OH excluding ortho intramolecular Hbond substituents is 1. The molecule has 1 atom stereocenters. The highest BCUT2D eigenvalue weighted by Gasteiger charge is 2.22. The number of hydrogen-bond donors (Lipinski definition) is 1. The van der Waals surface area contributed by atoms with E-state index in [1.165, 1.54) is 0 Å². The van der Waals surface area contributed by atoms with Gasteiger partial charge in [-0.15, -0.1) is 0 Å². The van der Waals surface area contributed by atoms with Crippen LogP contribution in [-0.4, -0.2) is 16.4 Å². The normalized spacial score (nSPS) is 16.8. The van der Waals surface area contributed by atoms with Crippen LogP contribution in [0.2, 0.25) is 0 Å². The molecule has 2 aromatic carbocycles. The first-order chi connectivity index (χ1) is 8.69. The summed E-state index contributed by atoms with van der Waals surface area (Å²) < 4.78 is 17.4. The first kappa shape index (κ1) is 11.3. The minimum absolute atomic E-state index is 0.211. The van der Waals surface area contributed by atoms with Crippen LogP contribution in [0.5, 0.6) is 11.5 Å². The first-order valence-corrected chi connectivity index (χ1v) is 6.89. The molecule has 1 aliphatic heterocycles. The number of methoxy groups -OCH3 is 1. The minimum Gasteiger partial charge on any atom is -0.508 e. The van der Waals surface area contributed by atoms with Gasteiger partial charge in [0.1, 0.15) is 11.5 Å². The average molecular weight is 260 g/mol. The standard InChI is InChI=1S/C14H12O3S/c1-17-11-3-5-13-12-4-2-10(15)6-9(12)8-18(16)14(13)7-11/h2-7,15H,8H2,1H3. The topological polar surface area (TPSA) is 46.5 Å². The molecule has 0 saturated heterocycles. The van der Waals surface area contributed by atoms with Gasteiger partial charge in [0.2, 0.25) is 0 Å². The van der Waals surface area contributed by atoms with Crippen molar-refractivity contribution in [3.8, 4) is 22.6 Å². The Morgan fingerprint density at radius 1 is 1.17 bits per heavy atom. The number of benzene rings is 2. The van der Waals surface area contributed by atoms with E-state index < -0.39 is 10.8 Å². The maximum Gasteiger partial charge on any atom is 0.120 e. The molecule has 92 valence electrons. The molecular formula is C14H12O3S. The molecule has 4 heteroatoms. The second kappa shape index (κ2) is 4.14. The maximum absolute atomic E-state index is 12.2. The van der Waals surface area contributed by atoms with Crippen molar-refractivity contribution in [2.24, 2.45) is 0 Å². The first-order valence-electron chi connectivity index (χ1n) is 5.58. The van der Waals surface area contributed by atoms with Crippen molar-refractivity contribution in [1.29, 1.82) is 0 Å². The summed E-state index contributed by atoms with van der Waals surface area (Å²) in [5, 5.41) is 9.49. The number of fused-ring (bicyclic) bond motifs is 3. The van der Waals surface area contributed by atoms with Crippen LogP contribution in [0, 0.1) is 0 Å². The van der Waals surface area contributed by atoms with Gasteiger partial charge in [0.25, 0.3) is 0 Å². The molecule has 1 heterocycles.